The summed E-state index contributed by atoms with van der Waals surface area (Å²) in [7, 11) is 1.62. The van der Waals surface area contributed by atoms with E-state index in [1.54, 1.807) is 7.11 Å². The summed E-state index contributed by atoms with van der Waals surface area (Å²) in [5.74, 6) is 1.04. The molecule has 0 radical (unpaired) electrons. The van der Waals surface area contributed by atoms with Gasteiger partial charge in [0.2, 0.25) is 0 Å². The molecule has 90 valence electrons. The lowest BCUT2D eigenvalue weighted by Gasteiger charge is -2.10. The molecule has 3 heteroatoms. The van der Waals surface area contributed by atoms with E-state index in [4.69, 9.17) is 9.84 Å². The average molecular weight is 232 g/mol. The summed E-state index contributed by atoms with van der Waals surface area (Å²) in [6, 6.07) is 9.43. The van der Waals surface area contributed by atoms with Gasteiger partial charge >= 0.3 is 0 Å². The number of aryl methyl sites for hydroxylation is 1. The lowest BCUT2D eigenvalue weighted by molar-refractivity contribution is 0.288. The molecule has 17 heavy (non-hydrogen) atoms. The maximum Gasteiger partial charge on any atom is 0.126 e. The van der Waals surface area contributed by atoms with Crippen LogP contribution in [0.1, 0.15) is 12.0 Å². The van der Waals surface area contributed by atoms with Gasteiger partial charge in [-0.3, -0.25) is 0 Å². The van der Waals surface area contributed by atoms with Crippen molar-refractivity contribution < 1.29 is 14.9 Å². The Hall–Kier alpha value is -1.74. The summed E-state index contributed by atoms with van der Waals surface area (Å²) < 4.78 is 5.25. The Morgan fingerprint density at radius 3 is 2.65 bits per heavy atom. The summed E-state index contributed by atoms with van der Waals surface area (Å²) in [4.78, 5) is 0. The van der Waals surface area contributed by atoms with E-state index in [0.29, 0.717) is 12.8 Å². The van der Waals surface area contributed by atoms with Crippen LogP contribution in [0.4, 0.5) is 0 Å². The maximum absolute atomic E-state index is 10.2. The molecule has 0 unspecified atom stereocenters. The quantitative estimate of drug-likeness (QED) is 0.851. The molecule has 2 rings (SSSR count). The van der Waals surface area contributed by atoms with Crippen LogP contribution in [0, 0.1) is 0 Å². The zero-order valence-electron chi connectivity index (χ0n) is 9.81. The van der Waals surface area contributed by atoms with Crippen molar-refractivity contribution in [2.24, 2.45) is 0 Å². The summed E-state index contributed by atoms with van der Waals surface area (Å²) in [5.41, 5.74) is 0.861. The highest BCUT2D eigenvalue weighted by Gasteiger charge is 2.08. The minimum Gasteiger partial charge on any atom is -0.507 e. The van der Waals surface area contributed by atoms with Crippen LogP contribution in [-0.2, 0) is 6.42 Å². The fraction of sp³-hybridized carbons (Fsp3) is 0.286. The van der Waals surface area contributed by atoms with Crippen LogP contribution in [0.25, 0.3) is 10.8 Å². The van der Waals surface area contributed by atoms with Crippen molar-refractivity contribution >= 4 is 10.8 Å². The van der Waals surface area contributed by atoms with Gasteiger partial charge < -0.3 is 14.9 Å². The Balaban J connectivity index is 2.52. The lowest BCUT2D eigenvalue weighted by Crippen LogP contribution is -1.92. The third kappa shape index (κ3) is 2.19. The van der Waals surface area contributed by atoms with E-state index in [9.17, 15) is 5.11 Å². The summed E-state index contributed by atoms with van der Waals surface area (Å²) in [6.45, 7) is 0.135. The van der Waals surface area contributed by atoms with Crippen molar-refractivity contribution in [3.63, 3.8) is 0 Å². The van der Waals surface area contributed by atoms with Gasteiger partial charge in [-0.25, -0.2) is 0 Å². The minimum atomic E-state index is 0.135. The normalized spacial score (nSPS) is 10.7. The van der Waals surface area contributed by atoms with Crippen molar-refractivity contribution in [2.75, 3.05) is 13.7 Å². The Bertz CT molecular complexity index is 520. The number of ether oxygens (including phenoxy) is 1. The topological polar surface area (TPSA) is 49.7 Å². The molecule has 0 fully saturated rings. The van der Waals surface area contributed by atoms with Crippen molar-refractivity contribution in [1.82, 2.24) is 0 Å². The molecule has 0 saturated carbocycles. The van der Waals surface area contributed by atoms with Gasteiger partial charge in [-0.05, 0) is 24.5 Å². The number of hydrogen-bond donors (Lipinski definition) is 2. The average Bonchev–Trinajstić information content (AvgIpc) is 2.37. The third-order valence-corrected chi connectivity index (χ3v) is 2.90. The van der Waals surface area contributed by atoms with Crippen LogP contribution in [-0.4, -0.2) is 23.9 Å². The van der Waals surface area contributed by atoms with E-state index in [-0.39, 0.29) is 12.4 Å². The molecular weight excluding hydrogens is 216 g/mol. The molecule has 2 N–H and O–H groups in total. The van der Waals surface area contributed by atoms with Gasteiger partial charge in [-0.15, -0.1) is 0 Å². The lowest BCUT2D eigenvalue weighted by atomic mass is 10.0. The van der Waals surface area contributed by atoms with Crippen LogP contribution in [0.3, 0.4) is 0 Å². The zero-order chi connectivity index (χ0) is 12.3. The molecule has 2 aromatic carbocycles. The number of aliphatic hydroxyl groups is 1. The molecule has 0 aliphatic carbocycles. The largest absolute Gasteiger partial charge is 0.507 e. The molecular formula is C14H16O3. The number of hydrogen-bond acceptors (Lipinski definition) is 3. The number of phenols is 1. The highest BCUT2D eigenvalue weighted by molar-refractivity contribution is 5.93. The number of benzene rings is 2. The number of aliphatic hydroxyl groups excluding tert-OH is 1. The molecule has 0 atom stereocenters. The van der Waals surface area contributed by atoms with Gasteiger partial charge in [0.15, 0.2) is 0 Å². The first-order valence-electron chi connectivity index (χ1n) is 5.66. The summed E-state index contributed by atoms with van der Waals surface area (Å²) >= 11 is 0. The highest BCUT2D eigenvalue weighted by Crippen LogP contribution is 2.34. The number of methoxy groups -OCH3 is 1. The van der Waals surface area contributed by atoms with Crippen LogP contribution in [0.15, 0.2) is 30.3 Å². The first kappa shape index (κ1) is 11.7. The van der Waals surface area contributed by atoms with Gasteiger partial charge in [-0.2, -0.15) is 0 Å². The molecule has 2 aromatic rings. The van der Waals surface area contributed by atoms with E-state index in [1.165, 1.54) is 0 Å². The molecule has 0 aliphatic rings. The molecule has 0 spiro atoms. The van der Waals surface area contributed by atoms with Crippen molar-refractivity contribution in [3.8, 4) is 11.5 Å². The predicted molar refractivity (Wildman–Crippen MR) is 67.6 cm³/mol. The fourth-order valence-electron chi connectivity index (χ4n) is 2.01. The minimum absolute atomic E-state index is 0.135. The summed E-state index contributed by atoms with van der Waals surface area (Å²) in [6.07, 6.45) is 1.33. The Labute approximate surface area is 100 Å². The van der Waals surface area contributed by atoms with Gasteiger partial charge in [0.05, 0.1) is 7.11 Å². The van der Waals surface area contributed by atoms with Crippen molar-refractivity contribution in [1.29, 1.82) is 0 Å². The highest BCUT2D eigenvalue weighted by atomic mass is 16.5. The van der Waals surface area contributed by atoms with E-state index in [1.807, 2.05) is 30.3 Å². The van der Waals surface area contributed by atoms with E-state index < -0.39 is 0 Å². The Kier molecular flexibility index (Phi) is 3.49. The van der Waals surface area contributed by atoms with Crippen LogP contribution in [0.5, 0.6) is 11.5 Å². The zero-order valence-corrected chi connectivity index (χ0v) is 9.81. The van der Waals surface area contributed by atoms with Crippen LogP contribution in [0.2, 0.25) is 0 Å². The fourth-order valence-corrected chi connectivity index (χ4v) is 2.01. The number of phenolic OH excluding ortho intramolecular Hbond substituents is 1. The number of fused-ring (bicyclic) bond motifs is 1. The molecule has 0 aliphatic heterocycles. The van der Waals surface area contributed by atoms with E-state index in [0.717, 1.165) is 22.1 Å². The maximum atomic E-state index is 10.2. The van der Waals surface area contributed by atoms with Gasteiger partial charge in [0.1, 0.15) is 11.5 Å². The van der Waals surface area contributed by atoms with Crippen LogP contribution < -0.4 is 4.74 Å². The number of rotatable bonds is 4. The summed E-state index contributed by atoms with van der Waals surface area (Å²) in [5, 5.41) is 20.7. The molecule has 0 saturated heterocycles. The molecule has 0 bridgehead atoms. The van der Waals surface area contributed by atoms with E-state index >= 15 is 0 Å². The second-order valence-corrected chi connectivity index (χ2v) is 3.96. The molecule has 0 aromatic heterocycles. The standard InChI is InChI=1S/C14H16O3/c1-17-13-6-2-5-12-11(13)8-7-10(14(12)16)4-3-9-15/h2,5-8,15-16H,3-4,9H2,1H3. The Morgan fingerprint density at radius 2 is 1.94 bits per heavy atom. The van der Waals surface area contributed by atoms with Gasteiger partial charge in [0.25, 0.3) is 0 Å². The molecule has 0 heterocycles. The van der Waals surface area contributed by atoms with Crippen LogP contribution >= 0.6 is 0 Å². The Morgan fingerprint density at radius 1 is 1.12 bits per heavy atom. The first-order chi connectivity index (χ1) is 8.27. The monoisotopic (exact) mass is 232 g/mol. The predicted octanol–water partition coefficient (Wildman–Crippen LogP) is 2.48. The van der Waals surface area contributed by atoms with Gasteiger partial charge in [-0.1, -0.05) is 24.3 Å². The SMILES string of the molecule is COc1cccc2c(O)c(CCCO)ccc12. The second kappa shape index (κ2) is 5.06. The first-order valence-corrected chi connectivity index (χ1v) is 5.66. The van der Waals surface area contributed by atoms with Crippen molar-refractivity contribution in [2.45, 2.75) is 12.8 Å². The van der Waals surface area contributed by atoms with Crippen molar-refractivity contribution in [3.05, 3.63) is 35.9 Å². The third-order valence-electron chi connectivity index (χ3n) is 2.90. The smallest absolute Gasteiger partial charge is 0.126 e. The van der Waals surface area contributed by atoms with Gasteiger partial charge in [0, 0.05) is 17.4 Å². The second-order valence-electron chi connectivity index (χ2n) is 3.96. The van der Waals surface area contributed by atoms with E-state index in [2.05, 4.69) is 0 Å². The number of aromatic hydroxyl groups is 1. The molecule has 3 nitrogen and oxygen atoms in total. The molecule has 0 amide bonds.